The zero-order valence-corrected chi connectivity index (χ0v) is 14.0. The van der Waals surface area contributed by atoms with Gasteiger partial charge in [0.1, 0.15) is 5.60 Å². The minimum Gasteiger partial charge on any atom is -0.444 e. The number of hydrogen-bond donors (Lipinski definition) is 2. The Kier molecular flexibility index (Phi) is 6.06. The molecule has 4 nitrogen and oxygen atoms in total. The summed E-state index contributed by atoms with van der Waals surface area (Å²) in [6.07, 6.45) is 0.693. The monoisotopic (exact) mass is 292 g/mol. The molecule has 0 saturated carbocycles. The lowest BCUT2D eigenvalue weighted by Crippen LogP contribution is -2.27. The molecule has 1 aromatic rings. The number of hydrogen-bond acceptors (Lipinski definition) is 3. The highest BCUT2D eigenvalue weighted by atomic mass is 16.6. The Morgan fingerprint density at radius 3 is 2.43 bits per heavy atom. The molecule has 0 radical (unpaired) electrons. The molecule has 1 rings (SSSR count). The van der Waals surface area contributed by atoms with E-state index in [0.29, 0.717) is 12.0 Å². The van der Waals surface area contributed by atoms with Crippen LogP contribution in [0.5, 0.6) is 0 Å². The van der Waals surface area contributed by atoms with Gasteiger partial charge in [0.2, 0.25) is 0 Å². The van der Waals surface area contributed by atoms with Crippen molar-refractivity contribution in [1.82, 2.24) is 0 Å². The van der Waals surface area contributed by atoms with E-state index in [4.69, 9.17) is 4.74 Å². The zero-order chi connectivity index (χ0) is 16.0. The van der Waals surface area contributed by atoms with E-state index in [0.717, 1.165) is 17.8 Å². The summed E-state index contributed by atoms with van der Waals surface area (Å²) in [5.74, 6) is 0.590. The number of anilines is 2. The summed E-state index contributed by atoms with van der Waals surface area (Å²) in [6.45, 7) is 12.1. The van der Waals surface area contributed by atoms with Crippen molar-refractivity contribution in [2.24, 2.45) is 5.92 Å². The predicted octanol–water partition coefficient (Wildman–Crippen LogP) is 4.88. The van der Waals surface area contributed by atoms with Crippen molar-refractivity contribution in [2.45, 2.75) is 59.6 Å². The predicted molar refractivity (Wildman–Crippen MR) is 88.8 cm³/mol. The van der Waals surface area contributed by atoms with Crippen molar-refractivity contribution in [3.63, 3.8) is 0 Å². The normalized spacial score (nSPS) is 14.2. The van der Waals surface area contributed by atoms with Gasteiger partial charge in [0.15, 0.2) is 0 Å². The maximum absolute atomic E-state index is 11.8. The van der Waals surface area contributed by atoms with Crippen LogP contribution in [0.25, 0.3) is 0 Å². The summed E-state index contributed by atoms with van der Waals surface area (Å²) in [4.78, 5) is 11.8. The van der Waals surface area contributed by atoms with Crippen LogP contribution in [0.2, 0.25) is 0 Å². The highest BCUT2D eigenvalue weighted by Crippen LogP contribution is 2.19. The zero-order valence-electron chi connectivity index (χ0n) is 14.0. The van der Waals surface area contributed by atoms with Crippen molar-refractivity contribution in [3.8, 4) is 0 Å². The Labute approximate surface area is 128 Å². The lowest BCUT2D eigenvalue weighted by molar-refractivity contribution is 0.0636. The van der Waals surface area contributed by atoms with Crippen molar-refractivity contribution in [3.05, 3.63) is 24.3 Å². The molecule has 0 spiro atoms. The van der Waals surface area contributed by atoms with Gasteiger partial charge in [-0.25, -0.2) is 4.79 Å². The fourth-order valence-corrected chi connectivity index (χ4v) is 1.87. The lowest BCUT2D eigenvalue weighted by Gasteiger charge is -2.22. The van der Waals surface area contributed by atoms with Gasteiger partial charge in [-0.05, 0) is 51.8 Å². The Hall–Kier alpha value is -1.71. The van der Waals surface area contributed by atoms with Crippen molar-refractivity contribution >= 4 is 17.5 Å². The van der Waals surface area contributed by atoms with E-state index in [-0.39, 0.29) is 0 Å². The van der Waals surface area contributed by atoms with Crippen molar-refractivity contribution in [2.75, 3.05) is 10.6 Å². The van der Waals surface area contributed by atoms with E-state index >= 15 is 0 Å². The number of carbonyl (C=O) groups excluding carboxylic acids is 1. The SMILES string of the molecule is CCC(C)C(C)Nc1cccc(NC(=O)OC(C)(C)C)c1. The quantitative estimate of drug-likeness (QED) is 0.813. The second-order valence-electron chi connectivity index (χ2n) is 6.53. The summed E-state index contributed by atoms with van der Waals surface area (Å²) < 4.78 is 5.25. The van der Waals surface area contributed by atoms with E-state index in [1.54, 1.807) is 0 Å². The van der Waals surface area contributed by atoms with Gasteiger partial charge in [-0.2, -0.15) is 0 Å². The number of benzene rings is 1. The van der Waals surface area contributed by atoms with Gasteiger partial charge in [0, 0.05) is 17.4 Å². The minimum absolute atomic E-state index is 0.381. The van der Waals surface area contributed by atoms with Crippen LogP contribution in [0.3, 0.4) is 0 Å². The summed E-state index contributed by atoms with van der Waals surface area (Å²) in [7, 11) is 0. The molecule has 2 unspecified atom stereocenters. The number of ether oxygens (including phenoxy) is 1. The average molecular weight is 292 g/mol. The summed E-state index contributed by atoms with van der Waals surface area (Å²) >= 11 is 0. The van der Waals surface area contributed by atoms with E-state index in [1.807, 2.05) is 45.0 Å². The first-order chi connectivity index (χ1) is 9.71. The molecule has 118 valence electrons. The van der Waals surface area contributed by atoms with Gasteiger partial charge in [0.25, 0.3) is 0 Å². The molecule has 21 heavy (non-hydrogen) atoms. The molecule has 0 saturated heterocycles. The van der Waals surface area contributed by atoms with Crippen LogP contribution in [0, 0.1) is 5.92 Å². The first-order valence-electron chi connectivity index (χ1n) is 7.58. The Balaban J connectivity index is 2.66. The molecular weight excluding hydrogens is 264 g/mol. The van der Waals surface area contributed by atoms with Crippen molar-refractivity contribution < 1.29 is 9.53 Å². The molecule has 0 aliphatic heterocycles. The molecule has 0 fully saturated rings. The third-order valence-electron chi connectivity index (χ3n) is 3.40. The topological polar surface area (TPSA) is 50.4 Å². The third-order valence-corrected chi connectivity index (χ3v) is 3.40. The van der Waals surface area contributed by atoms with Crippen LogP contribution in [0.4, 0.5) is 16.2 Å². The largest absolute Gasteiger partial charge is 0.444 e. The van der Waals surface area contributed by atoms with Gasteiger partial charge >= 0.3 is 6.09 Å². The number of amides is 1. The highest BCUT2D eigenvalue weighted by molar-refractivity contribution is 5.85. The first kappa shape index (κ1) is 17.3. The fraction of sp³-hybridized carbons (Fsp3) is 0.588. The van der Waals surface area contributed by atoms with E-state index < -0.39 is 11.7 Å². The van der Waals surface area contributed by atoms with Gasteiger partial charge in [-0.3, -0.25) is 5.32 Å². The summed E-state index contributed by atoms with van der Waals surface area (Å²) in [6, 6.07) is 8.07. The second kappa shape index (κ2) is 7.34. The Morgan fingerprint density at radius 2 is 1.86 bits per heavy atom. The van der Waals surface area contributed by atoms with Gasteiger partial charge < -0.3 is 10.1 Å². The molecule has 2 N–H and O–H groups in total. The minimum atomic E-state index is -0.495. The molecule has 0 heterocycles. The molecule has 1 amide bonds. The molecule has 0 aromatic heterocycles. The van der Waals surface area contributed by atoms with E-state index in [2.05, 4.69) is 31.4 Å². The van der Waals surface area contributed by atoms with Gasteiger partial charge in [0.05, 0.1) is 0 Å². The van der Waals surface area contributed by atoms with Crippen LogP contribution in [-0.4, -0.2) is 17.7 Å². The maximum atomic E-state index is 11.8. The Bertz CT molecular complexity index is 466. The van der Waals surface area contributed by atoms with Crippen LogP contribution in [0.15, 0.2) is 24.3 Å². The second-order valence-corrected chi connectivity index (χ2v) is 6.53. The number of carbonyl (C=O) groups is 1. The highest BCUT2D eigenvalue weighted by Gasteiger charge is 2.16. The molecule has 0 aliphatic carbocycles. The molecule has 1 aromatic carbocycles. The third kappa shape index (κ3) is 6.52. The Morgan fingerprint density at radius 1 is 1.24 bits per heavy atom. The first-order valence-corrected chi connectivity index (χ1v) is 7.58. The van der Waals surface area contributed by atoms with E-state index in [1.165, 1.54) is 0 Å². The molecule has 2 atom stereocenters. The number of rotatable bonds is 5. The van der Waals surface area contributed by atoms with Crippen molar-refractivity contribution in [1.29, 1.82) is 0 Å². The van der Waals surface area contributed by atoms with Crippen LogP contribution >= 0.6 is 0 Å². The van der Waals surface area contributed by atoms with Gasteiger partial charge in [-0.1, -0.05) is 26.3 Å². The van der Waals surface area contributed by atoms with Crippen LogP contribution in [-0.2, 0) is 4.74 Å². The maximum Gasteiger partial charge on any atom is 0.412 e. The number of nitrogens with one attached hydrogen (secondary N) is 2. The van der Waals surface area contributed by atoms with Gasteiger partial charge in [-0.15, -0.1) is 0 Å². The smallest absolute Gasteiger partial charge is 0.412 e. The molecule has 0 bridgehead atoms. The van der Waals surface area contributed by atoms with Crippen LogP contribution in [0.1, 0.15) is 48.0 Å². The standard InChI is InChI=1S/C17H28N2O2/c1-7-12(2)13(3)18-14-9-8-10-15(11-14)19-16(20)21-17(4,5)6/h8-13,18H,7H2,1-6H3,(H,19,20). The van der Waals surface area contributed by atoms with E-state index in [9.17, 15) is 4.79 Å². The molecule has 4 heteroatoms. The lowest BCUT2D eigenvalue weighted by atomic mass is 10.0. The fourth-order valence-electron chi connectivity index (χ4n) is 1.87. The summed E-state index contributed by atoms with van der Waals surface area (Å²) in [5, 5.41) is 6.22. The molecular formula is C17H28N2O2. The molecule has 0 aliphatic rings. The van der Waals surface area contributed by atoms with Crippen LogP contribution < -0.4 is 10.6 Å². The summed E-state index contributed by atoms with van der Waals surface area (Å²) in [5.41, 5.74) is 1.23. The average Bonchev–Trinajstić information content (AvgIpc) is 2.35.